The highest BCUT2D eigenvalue weighted by atomic mass is 16.5. The molecule has 1 fully saturated rings. The number of carbonyl (C=O) groups is 1. The van der Waals surface area contributed by atoms with Gasteiger partial charge in [0.25, 0.3) is 5.91 Å². The number of carbonyl (C=O) groups excluding carboxylic acids is 1. The van der Waals surface area contributed by atoms with E-state index in [0.717, 1.165) is 43.4 Å². The molecule has 2 heterocycles. The van der Waals surface area contributed by atoms with Gasteiger partial charge < -0.3 is 19.2 Å². The van der Waals surface area contributed by atoms with Crippen molar-refractivity contribution in [3.63, 3.8) is 0 Å². The van der Waals surface area contributed by atoms with Gasteiger partial charge in [-0.05, 0) is 57.9 Å². The molecular weight excluding hydrogens is 372 g/mol. The van der Waals surface area contributed by atoms with Gasteiger partial charge in [-0.1, -0.05) is 0 Å². The summed E-state index contributed by atoms with van der Waals surface area (Å²) >= 11 is 0. The Bertz CT molecular complexity index is 915. The molecule has 1 aromatic heterocycles. The van der Waals surface area contributed by atoms with Gasteiger partial charge in [0.05, 0.1) is 0 Å². The number of rotatable bonds is 7. The van der Waals surface area contributed by atoms with E-state index in [1.54, 1.807) is 26.0 Å². The third-order valence-corrected chi connectivity index (χ3v) is 5.66. The zero-order valence-corrected chi connectivity index (χ0v) is 17.4. The van der Waals surface area contributed by atoms with Gasteiger partial charge in [-0.3, -0.25) is 9.69 Å². The first kappa shape index (κ1) is 21.3. The van der Waals surface area contributed by atoms with Crippen LogP contribution >= 0.6 is 0 Å². The molecule has 0 spiro atoms. The Morgan fingerprint density at radius 1 is 1.17 bits per heavy atom. The SMILES string of the molecule is Cc1c(C)c2ccc(OC(C)C(=O)N3CCN(CCCCO)CC3)cc2oc1=O. The minimum absolute atomic E-state index is 0.0401. The summed E-state index contributed by atoms with van der Waals surface area (Å²) in [6, 6.07) is 5.34. The number of unbranched alkanes of at least 4 members (excludes halogenated alkanes) is 1. The van der Waals surface area contributed by atoms with Crippen LogP contribution in [0.25, 0.3) is 11.0 Å². The summed E-state index contributed by atoms with van der Waals surface area (Å²) < 4.78 is 11.2. The molecule has 0 radical (unpaired) electrons. The van der Waals surface area contributed by atoms with Crippen molar-refractivity contribution in [2.45, 2.75) is 39.7 Å². The molecule has 7 nitrogen and oxygen atoms in total. The lowest BCUT2D eigenvalue weighted by Gasteiger charge is -2.35. The third-order valence-electron chi connectivity index (χ3n) is 5.66. The molecule has 0 saturated carbocycles. The molecule has 1 aliphatic rings. The predicted octanol–water partition coefficient (Wildman–Crippen LogP) is 2.09. The zero-order chi connectivity index (χ0) is 21.0. The summed E-state index contributed by atoms with van der Waals surface area (Å²) in [7, 11) is 0. The number of amides is 1. The van der Waals surface area contributed by atoms with Crippen LogP contribution < -0.4 is 10.4 Å². The van der Waals surface area contributed by atoms with Gasteiger partial charge in [-0.15, -0.1) is 0 Å². The first-order valence-electron chi connectivity index (χ1n) is 10.2. The molecule has 1 amide bonds. The highest BCUT2D eigenvalue weighted by Gasteiger charge is 2.26. The largest absolute Gasteiger partial charge is 0.481 e. The first-order chi connectivity index (χ1) is 13.9. The number of aliphatic hydroxyl groups excluding tert-OH is 1. The quantitative estimate of drug-likeness (QED) is 0.564. The van der Waals surface area contributed by atoms with E-state index in [1.165, 1.54) is 0 Å². The lowest BCUT2D eigenvalue weighted by molar-refractivity contribution is -0.139. The monoisotopic (exact) mass is 402 g/mol. The summed E-state index contributed by atoms with van der Waals surface area (Å²) in [5.41, 5.74) is 1.61. The van der Waals surface area contributed by atoms with E-state index in [4.69, 9.17) is 14.3 Å². The summed E-state index contributed by atoms with van der Waals surface area (Å²) in [6.45, 7) is 9.60. The van der Waals surface area contributed by atoms with Gasteiger partial charge in [0.15, 0.2) is 6.10 Å². The van der Waals surface area contributed by atoms with E-state index in [0.29, 0.717) is 30.0 Å². The topological polar surface area (TPSA) is 83.2 Å². The van der Waals surface area contributed by atoms with Crippen molar-refractivity contribution < 1.29 is 19.1 Å². The summed E-state index contributed by atoms with van der Waals surface area (Å²) in [4.78, 5) is 28.8. The number of benzene rings is 1. The summed E-state index contributed by atoms with van der Waals surface area (Å²) in [5.74, 6) is 0.467. The van der Waals surface area contributed by atoms with Gasteiger partial charge >= 0.3 is 5.63 Å². The maximum absolute atomic E-state index is 12.8. The molecule has 1 saturated heterocycles. The molecule has 0 aliphatic carbocycles. The van der Waals surface area contributed by atoms with Gasteiger partial charge in [0.2, 0.25) is 0 Å². The number of aryl methyl sites for hydroxylation is 1. The lowest BCUT2D eigenvalue weighted by atomic mass is 10.1. The molecule has 2 aromatic rings. The maximum atomic E-state index is 12.8. The number of hydrogen-bond donors (Lipinski definition) is 1. The fourth-order valence-electron chi connectivity index (χ4n) is 3.65. The highest BCUT2D eigenvalue weighted by Crippen LogP contribution is 2.24. The van der Waals surface area contributed by atoms with Crippen molar-refractivity contribution >= 4 is 16.9 Å². The van der Waals surface area contributed by atoms with E-state index < -0.39 is 6.10 Å². The standard InChI is InChI=1S/C22H30N2O5/c1-15-16(2)22(27)29-20-14-18(6-7-19(15)20)28-17(3)21(26)24-11-9-23(10-12-24)8-4-5-13-25/h6-7,14,17,25H,4-5,8-13H2,1-3H3. The molecule has 1 atom stereocenters. The van der Waals surface area contributed by atoms with E-state index in [1.807, 2.05) is 17.9 Å². The van der Waals surface area contributed by atoms with Gasteiger partial charge in [-0.25, -0.2) is 4.79 Å². The molecule has 1 N–H and O–H groups in total. The average molecular weight is 402 g/mol. The van der Waals surface area contributed by atoms with E-state index in [-0.39, 0.29) is 18.1 Å². The highest BCUT2D eigenvalue weighted by molar-refractivity contribution is 5.83. The molecular formula is C22H30N2O5. The smallest absolute Gasteiger partial charge is 0.339 e. The Hall–Kier alpha value is -2.38. The van der Waals surface area contributed by atoms with E-state index in [2.05, 4.69) is 4.90 Å². The van der Waals surface area contributed by atoms with Crippen molar-refractivity contribution in [2.24, 2.45) is 0 Å². The Morgan fingerprint density at radius 2 is 1.90 bits per heavy atom. The second-order valence-electron chi connectivity index (χ2n) is 7.66. The number of piperazine rings is 1. The minimum atomic E-state index is -0.619. The third kappa shape index (κ3) is 4.97. The van der Waals surface area contributed by atoms with Crippen LogP contribution in [0.15, 0.2) is 27.4 Å². The minimum Gasteiger partial charge on any atom is -0.481 e. The molecule has 1 aliphatic heterocycles. The Balaban J connectivity index is 1.60. The van der Waals surface area contributed by atoms with Gasteiger partial charge in [0, 0.05) is 49.8 Å². The average Bonchev–Trinajstić information content (AvgIpc) is 2.72. The van der Waals surface area contributed by atoms with Crippen molar-refractivity contribution in [3.05, 3.63) is 39.7 Å². The normalized spacial score (nSPS) is 16.2. The van der Waals surface area contributed by atoms with Crippen LogP contribution in [0.1, 0.15) is 30.9 Å². The van der Waals surface area contributed by atoms with Crippen LogP contribution in [-0.2, 0) is 4.79 Å². The maximum Gasteiger partial charge on any atom is 0.339 e. The molecule has 1 aromatic carbocycles. The summed E-state index contributed by atoms with van der Waals surface area (Å²) in [5, 5.41) is 9.75. The van der Waals surface area contributed by atoms with Crippen LogP contribution in [-0.4, -0.2) is 66.2 Å². The van der Waals surface area contributed by atoms with Crippen LogP contribution in [0, 0.1) is 13.8 Å². The lowest BCUT2D eigenvalue weighted by Crippen LogP contribution is -2.52. The van der Waals surface area contributed by atoms with E-state index >= 15 is 0 Å². The molecule has 0 bridgehead atoms. The zero-order valence-electron chi connectivity index (χ0n) is 17.4. The van der Waals surface area contributed by atoms with Crippen LogP contribution in [0.3, 0.4) is 0 Å². The molecule has 158 valence electrons. The van der Waals surface area contributed by atoms with Gasteiger partial charge in [0.1, 0.15) is 11.3 Å². The number of aliphatic hydroxyl groups is 1. The van der Waals surface area contributed by atoms with Crippen LogP contribution in [0.2, 0.25) is 0 Å². The molecule has 1 unspecified atom stereocenters. The van der Waals surface area contributed by atoms with Crippen LogP contribution in [0.4, 0.5) is 0 Å². The number of ether oxygens (including phenoxy) is 1. The second-order valence-corrected chi connectivity index (χ2v) is 7.66. The van der Waals surface area contributed by atoms with Crippen molar-refractivity contribution in [2.75, 3.05) is 39.3 Å². The molecule has 29 heavy (non-hydrogen) atoms. The number of hydrogen-bond acceptors (Lipinski definition) is 6. The molecule has 7 heteroatoms. The van der Waals surface area contributed by atoms with E-state index in [9.17, 15) is 9.59 Å². The van der Waals surface area contributed by atoms with Crippen LogP contribution in [0.5, 0.6) is 5.75 Å². The number of nitrogens with zero attached hydrogens (tertiary/aromatic N) is 2. The number of fused-ring (bicyclic) bond motifs is 1. The summed E-state index contributed by atoms with van der Waals surface area (Å²) in [6.07, 6.45) is 1.17. The Labute approximate surface area is 170 Å². The Kier molecular flexibility index (Phi) is 6.92. The fourth-order valence-corrected chi connectivity index (χ4v) is 3.65. The second kappa shape index (κ2) is 9.41. The van der Waals surface area contributed by atoms with Crippen molar-refractivity contribution in [3.8, 4) is 5.75 Å². The van der Waals surface area contributed by atoms with Crippen molar-refractivity contribution in [1.82, 2.24) is 9.80 Å². The predicted molar refractivity (Wildman–Crippen MR) is 111 cm³/mol. The first-order valence-corrected chi connectivity index (χ1v) is 10.2. The fraction of sp³-hybridized carbons (Fsp3) is 0.545. The van der Waals surface area contributed by atoms with Crippen molar-refractivity contribution in [1.29, 1.82) is 0 Å². The Morgan fingerprint density at radius 3 is 2.59 bits per heavy atom. The van der Waals surface area contributed by atoms with Gasteiger partial charge in [-0.2, -0.15) is 0 Å². The molecule has 3 rings (SSSR count).